The lowest BCUT2D eigenvalue weighted by Crippen LogP contribution is -2.61. The molecule has 0 rings (SSSR count). The first-order valence-corrected chi connectivity index (χ1v) is 4.72. The van der Waals surface area contributed by atoms with E-state index in [0.717, 1.165) is 0 Å². The molecule has 0 spiro atoms. The minimum Gasteiger partial charge on any atom is -0.363 e. The Morgan fingerprint density at radius 1 is 1.13 bits per heavy atom. The van der Waals surface area contributed by atoms with Crippen molar-refractivity contribution >= 4 is 10.1 Å². The van der Waals surface area contributed by atoms with Gasteiger partial charge in [-0.3, -0.25) is 4.55 Å². The average Bonchev–Trinajstić information content (AvgIpc) is 1.98. The van der Waals surface area contributed by atoms with E-state index in [1.54, 1.807) is 0 Å². The van der Waals surface area contributed by atoms with E-state index in [0.29, 0.717) is 0 Å². The molecule has 0 aromatic rings. The summed E-state index contributed by atoms with van der Waals surface area (Å²) in [4.78, 5) is 0. The molecule has 92 valence electrons. The number of hydrogen-bond acceptors (Lipinski definition) is 3. The fourth-order valence-electron chi connectivity index (χ4n) is 0.646. The van der Waals surface area contributed by atoms with Crippen LogP contribution in [0.15, 0.2) is 0 Å². The zero-order chi connectivity index (χ0) is 12.7. The lowest BCUT2D eigenvalue weighted by Gasteiger charge is -2.34. The number of ether oxygens (including phenoxy) is 1. The van der Waals surface area contributed by atoms with Gasteiger partial charge in [-0.05, 0) is 6.92 Å². The van der Waals surface area contributed by atoms with E-state index in [2.05, 4.69) is 4.74 Å². The third-order valence-corrected chi connectivity index (χ3v) is 2.87. The fourth-order valence-corrected chi connectivity index (χ4v) is 1.34. The molecule has 10 heteroatoms. The molecule has 1 unspecified atom stereocenters. The minimum absolute atomic E-state index is 0.180. The topological polar surface area (TPSA) is 63.6 Å². The molecule has 0 amide bonds. The van der Waals surface area contributed by atoms with E-state index in [-0.39, 0.29) is 14.0 Å². The first kappa shape index (κ1) is 14.5. The van der Waals surface area contributed by atoms with Crippen molar-refractivity contribution in [1.29, 1.82) is 0 Å². The lowest BCUT2D eigenvalue weighted by atomic mass is 10.1. The molecule has 0 aliphatic rings. The van der Waals surface area contributed by atoms with Crippen molar-refractivity contribution in [2.45, 2.75) is 24.0 Å². The van der Waals surface area contributed by atoms with Crippen LogP contribution in [0.4, 0.5) is 22.0 Å². The maximum atomic E-state index is 12.8. The Hall–Kier alpha value is -0.480. The molecule has 15 heavy (non-hydrogen) atoms. The van der Waals surface area contributed by atoms with E-state index in [9.17, 15) is 30.4 Å². The number of methoxy groups -OCH3 is 1. The molecule has 4 nitrogen and oxygen atoms in total. The van der Waals surface area contributed by atoms with Gasteiger partial charge in [0.15, 0.2) is 0 Å². The van der Waals surface area contributed by atoms with E-state index in [1.165, 1.54) is 0 Å². The minimum atomic E-state index is -6.23. The fraction of sp³-hybridized carbons (Fsp3) is 1.00. The van der Waals surface area contributed by atoms with Crippen LogP contribution in [0.25, 0.3) is 0 Å². The van der Waals surface area contributed by atoms with Gasteiger partial charge in [-0.15, -0.1) is 0 Å². The first-order valence-electron chi connectivity index (χ1n) is 3.28. The highest BCUT2D eigenvalue weighted by Crippen LogP contribution is 2.46. The highest BCUT2D eigenvalue weighted by Gasteiger charge is 2.73. The van der Waals surface area contributed by atoms with Gasteiger partial charge in [0, 0.05) is 7.11 Å². The summed E-state index contributed by atoms with van der Waals surface area (Å²) in [5.74, 6) is 0. The zero-order valence-corrected chi connectivity index (χ0v) is 8.29. The van der Waals surface area contributed by atoms with Crippen LogP contribution in [0.3, 0.4) is 0 Å². The monoisotopic (exact) mass is 258 g/mol. The lowest BCUT2D eigenvalue weighted by molar-refractivity contribution is -0.311. The van der Waals surface area contributed by atoms with Crippen LogP contribution in [0.5, 0.6) is 0 Å². The van der Waals surface area contributed by atoms with Crippen LogP contribution in [-0.2, 0) is 14.9 Å². The Bertz CT molecular complexity index is 334. The molecular weight excluding hydrogens is 251 g/mol. The van der Waals surface area contributed by atoms with Crippen molar-refractivity contribution in [1.82, 2.24) is 0 Å². The van der Waals surface area contributed by atoms with Crippen LogP contribution in [0.1, 0.15) is 6.92 Å². The summed E-state index contributed by atoms with van der Waals surface area (Å²) in [6.45, 7) is -0.180. The quantitative estimate of drug-likeness (QED) is 0.614. The number of rotatable bonds is 3. The van der Waals surface area contributed by atoms with Crippen LogP contribution in [-0.4, -0.2) is 37.1 Å². The predicted octanol–water partition coefficient (Wildman–Crippen LogP) is 1.43. The highest BCUT2D eigenvalue weighted by atomic mass is 32.2. The SMILES string of the molecule is COC(C)(C(F)(F)F)C(F)(F)S(=O)(=O)O. The normalized spacial score (nSPS) is 18.7. The number of halogens is 5. The summed E-state index contributed by atoms with van der Waals surface area (Å²) in [5.41, 5.74) is -4.31. The molecule has 0 saturated carbocycles. The summed E-state index contributed by atoms with van der Waals surface area (Å²) in [6, 6.07) is 0. The maximum Gasteiger partial charge on any atom is 0.424 e. The molecule has 0 aliphatic heterocycles. The largest absolute Gasteiger partial charge is 0.424 e. The van der Waals surface area contributed by atoms with Crippen molar-refractivity contribution in [3.05, 3.63) is 0 Å². The second-order valence-electron chi connectivity index (χ2n) is 2.73. The molecule has 0 heterocycles. The van der Waals surface area contributed by atoms with Crippen LogP contribution >= 0.6 is 0 Å². The Labute approximate surface area is 81.8 Å². The second kappa shape index (κ2) is 3.52. The van der Waals surface area contributed by atoms with Crippen molar-refractivity contribution in [3.8, 4) is 0 Å². The first-order chi connectivity index (χ1) is 6.31. The van der Waals surface area contributed by atoms with Crippen LogP contribution < -0.4 is 0 Å². The number of hydrogen-bond donors (Lipinski definition) is 1. The Balaban J connectivity index is 5.72. The standard InChI is InChI=1S/C5H7F5O4S/c1-3(14-2,4(6,7)8)5(9,10)15(11,12)13/h1-2H3,(H,11,12,13). The van der Waals surface area contributed by atoms with Gasteiger partial charge in [0.2, 0.25) is 5.60 Å². The Kier molecular flexibility index (Phi) is 3.41. The third kappa shape index (κ3) is 2.06. The van der Waals surface area contributed by atoms with Crippen molar-refractivity contribution in [2.75, 3.05) is 7.11 Å². The Morgan fingerprint density at radius 3 is 1.53 bits per heavy atom. The average molecular weight is 258 g/mol. The van der Waals surface area contributed by atoms with Gasteiger partial charge in [0.25, 0.3) is 0 Å². The smallest absolute Gasteiger partial charge is 0.363 e. The van der Waals surface area contributed by atoms with E-state index in [1.807, 2.05) is 0 Å². The molecule has 0 radical (unpaired) electrons. The molecule has 0 bridgehead atoms. The van der Waals surface area contributed by atoms with Crippen LogP contribution in [0, 0.1) is 0 Å². The Morgan fingerprint density at radius 2 is 1.47 bits per heavy atom. The summed E-state index contributed by atoms with van der Waals surface area (Å²) < 4.78 is 93.8. The maximum absolute atomic E-state index is 12.8. The second-order valence-corrected chi connectivity index (χ2v) is 4.19. The van der Waals surface area contributed by atoms with E-state index < -0.39 is 27.2 Å². The van der Waals surface area contributed by atoms with Gasteiger partial charge in [-0.25, -0.2) is 0 Å². The van der Waals surface area contributed by atoms with Crippen molar-refractivity contribution < 1.29 is 39.7 Å². The molecule has 0 aliphatic carbocycles. The molecular formula is C5H7F5O4S. The van der Waals surface area contributed by atoms with Gasteiger partial charge in [-0.2, -0.15) is 30.4 Å². The van der Waals surface area contributed by atoms with Crippen molar-refractivity contribution in [3.63, 3.8) is 0 Å². The molecule has 1 N–H and O–H groups in total. The summed E-state index contributed by atoms with van der Waals surface area (Å²) >= 11 is 0. The highest BCUT2D eigenvalue weighted by molar-refractivity contribution is 7.87. The van der Waals surface area contributed by atoms with E-state index >= 15 is 0 Å². The molecule has 0 fully saturated rings. The zero-order valence-electron chi connectivity index (χ0n) is 7.47. The van der Waals surface area contributed by atoms with Gasteiger partial charge >= 0.3 is 21.5 Å². The number of alkyl halides is 5. The summed E-state index contributed by atoms with van der Waals surface area (Å²) in [7, 11) is -5.98. The molecule has 0 aromatic carbocycles. The van der Waals surface area contributed by atoms with Gasteiger partial charge < -0.3 is 4.74 Å². The van der Waals surface area contributed by atoms with Crippen molar-refractivity contribution in [2.24, 2.45) is 0 Å². The van der Waals surface area contributed by atoms with Crippen LogP contribution in [0.2, 0.25) is 0 Å². The van der Waals surface area contributed by atoms with Gasteiger partial charge in [0.05, 0.1) is 0 Å². The van der Waals surface area contributed by atoms with Gasteiger partial charge in [0.1, 0.15) is 0 Å². The summed E-state index contributed by atoms with van der Waals surface area (Å²) in [6.07, 6.45) is -5.67. The third-order valence-electron chi connectivity index (χ3n) is 1.83. The molecule has 1 atom stereocenters. The molecule has 0 saturated heterocycles. The van der Waals surface area contributed by atoms with Gasteiger partial charge in [-0.1, -0.05) is 0 Å². The summed E-state index contributed by atoms with van der Waals surface area (Å²) in [5, 5.41) is -5.49. The predicted molar refractivity (Wildman–Crippen MR) is 38.0 cm³/mol. The van der Waals surface area contributed by atoms with E-state index in [4.69, 9.17) is 4.55 Å². The molecule has 0 aromatic heterocycles.